The van der Waals surface area contributed by atoms with Crippen molar-refractivity contribution >= 4 is 24.8 Å². The minimum absolute atomic E-state index is 0. The van der Waals surface area contributed by atoms with Gasteiger partial charge in [0.15, 0.2) is 0 Å². The highest BCUT2D eigenvalue weighted by atomic mass is 35.5. The normalized spacial score (nSPS) is 33.0. The highest BCUT2D eigenvalue weighted by molar-refractivity contribution is 5.85. The molecule has 86 valence electrons. The van der Waals surface area contributed by atoms with E-state index in [4.69, 9.17) is 0 Å². The molecular formula is C10H22Cl2N2. The first-order valence-corrected chi connectivity index (χ1v) is 5.29. The van der Waals surface area contributed by atoms with E-state index in [0.717, 1.165) is 18.0 Å². The van der Waals surface area contributed by atoms with Crippen molar-refractivity contribution in [3.63, 3.8) is 0 Å². The molecule has 14 heavy (non-hydrogen) atoms. The Balaban J connectivity index is 0.000000845. The van der Waals surface area contributed by atoms with Crippen LogP contribution in [0.2, 0.25) is 0 Å². The highest BCUT2D eigenvalue weighted by Gasteiger charge is 2.38. The van der Waals surface area contributed by atoms with Crippen molar-refractivity contribution in [1.82, 2.24) is 10.2 Å². The van der Waals surface area contributed by atoms with E-state index < -0.39 is 0 Å². The van der Waals surface area contributed by atoms with Gasteiger partial charge in [0.25, 0.3) is 0 Å². The molecule has 2 aliphatic heterocycles. The lowest BCUT2D eigenvalue weighted by Gasteiger charge is -2.28. The summed E-state index contributed by atoms with van der Waals surface area (Å²) in [5.74, 6) is 0.957. The zero-order chi connectivity index (χ0) is 8.55. The molecule has 0 aliphatic carbocycles. The summed E-state index contributed by atoms with van der Waals surface area (Å²) in [4.78, 5) is 2.70. The lowest BCUT2D eigenvalue weighted by molar-refractivity contribution is 0.186. The number of rotatable bonds is 2. The molecule has 0 radical (unpaired) electrons. The van der Waals surface area contributed by atoms with Gasteiger partial charge in [-0.25, -0.2) is 0 Å². The topological polar surface area (TPSA) is 15.3 Å². The van der Waals surface area contributed by atoms with Crippen molar-refractivity contribution < 1.29 is 0 Å². The first kappa shape index (κ1) is 14.5. The fraction of sp³-hybridized carbons (Fsp3) is 1.00. The summed E-state index contributed by atoms with van der Waals surface area (Å²) in [6, 6.07) is 1.65. The zero-order valence-corrected chi connectivity index (χ0v) is 10.7. The predicted molar refractivity (Wildman–Crippen MR) is 65.7 cm³/mol. The van der Waals surface area contributed by atoms with Crippen LogP contribution in [0.3, 0.4) is 0 Å². The van der Waals surface area contributed by atoms with Crippen LogP contribution in [-0.2, 0) is 0 Å². The Labute approximate surface area is 99.6 Å². The Bertz CT molecular complexity index is 166. The number of fused-ring (bicyclic) bond motifs is 1. The van der Waals surface area contributed by atoms with Crippen molar-refractivity contribution in [2.45, 2.75) is 38.8 Å². The van der Waals surface area contributed by atoms with Gasteiger partial charge in [0, 0.05) is 18.6 Å². The van der Waals surface area contributed by atoms with Crippen LogP contribution < -0.4 is 5.32 Å². The van der Waals surface area contributed by atoms with Crippen molar-refractivity contribution in [2.24, 2.45) is 5.92 Å². The monoisotopic (exact) mass is 240 g/mol. The van der Waals surface area contributed by atoms with Gasteiger partial charge in [0.1, 0.15) is 0 Å². The fourth-order valence-electron chi connectivity index (χ4n) is 2.66. The Morgan fingerprint density at radius 1 is 1.36 bits per heavy atom. The molecule has 2 saturated heterocycles. The van der Waals surface area contributed by atoms with Crippen molar-refractivity contribution in [3.8, 4) is 0 Å². The van der Waals surface area contributed by atoms with Crippen LogP contribution >= 0.6 is 24.8 Å². The molecule has 0 bridgehead atoms. The molecule has 0 aromatic rings. The third-order valence-corrected chi connectivity index (χ3v) is 3.65. The number of nitrogens with one attached hydrogen (secondary N) is 1. The van der Waals surface area contributed by atoms with Crippen LogP contribution in [0.5, 0.6) is 0 Å². The summed E-state index contributed by atoms with van der Waals surface area (Å²) in [6.45, 7) is 8.49. The molecule has 0 spiro atoms. The maximum Gasteiger partial charge on any atom is 0.0264 e. The van der Waals surface area contributed by atoms with E-state index in [1.165, 1.54) is 32.5 Å². The molecule has 0 amide bonds. The smallest absolute Gasteiger partial charge is 0.0264 e. The molecule has 0 aromatic heterocycles. The summed E-state index contributed by atoms with van der Waals surface area (Å²) in [5, 5.41) is 3.49. The van der Waals surface area contributed by atoms with Gasteiger partial charge in [-0.1, -0.05) is 6.92 Å². The lowest BCUT2D eigenvalue weighted by atomic mass is 10.0. The SMILES string of the molecule is CCC(C)N1CC[C@H]2CNC[C@H]21.Cl.Cl. The largest absolute Gasteiger partial charge is 0.315 e. The quantitative estimate of drug-likeness (QED) is 0.794. The minimum Gasteiger partial charge on any atom is -0.315 e. The van der Waals surface area contributed by atoms with E-state index in [1.807, 2.05) is 0 Å². The molecular weight excluding hydrogens is 219 g/mol. The van der Waals surface area contributed by atoms with Crippen LogP contribution in [0.4, 0.5) is 0 Å². The fourth-order valence-corrected chi connectivity index (χ4v) is 2.66. The van der Waals surface area contributed by atoms with Crippen molar-refractivity contribution in [1.29, 1.82) is 0 Å². The average Bonchev–Trinajstić information content (AvgIpc) is 2.62. The van der Waals surface area contributed by atoms with Crippen LogP contribution in [0.15, 0.2) is 0 Å². The first-order valence-electron chi connectivity index (χ1n) is 5.29. The van der Waals surface area contributed by atoms with E-state index >= 15 is 0 Å². The second-order valence-electron chi connectivity index (χ2n) is 4.27. The van der Waals surface area contributed by atoms with Gasteiger partial charge in [-0.15, -0.1) is 24.8 Å². The van der Waals surface area contributed by atoms with E-state index in [2.05, 4.69) is 24.1 Å². The third-order valence-electron chi connectivity index (χ3n) is 3.65. The summed E-state index contributed by atoms with van der Waals surface area (Å²) in [5.41, 5.74) is 0. The highest BCUT2D eigenvalue weighted by Crippen LogP contribution is 2.29. The van der Waals surface area contributed by atoms with Crippen LogP contribution in [0.1, 0.15) is 26.7 Å². The van der Waals surface area contributed by atoms with E-state index in [0.29, 0.717) is 0 Å². The van der Waals surface area contributed by atoms with Crippen molar-refractivity contribution in [3.05, 3.63) is 0 Å². The second-order valence-corrected chi connectivity index (χ2v) is 4.27. The van der Waals surface area contributed by atoms with Crippen LogP contribution in [0, 0.1) is 5.92 Å². The average molecular weight is 241 g/mol. The van der Waals surface area contributed by atoms with Gasteiger partial charge in [-0.05, 0) is 38.8 Å². The Kier molecular flexibility index (Phi) is 6.38. The van der Waals surface area contributed by atoms with Gasteiger partial charge in [-0.2, -0.15) is 0 Å². The second kappa shape index (κ2) is 6.16. The number of likely N-dealkylation sites (tertiary alicyclic amines) is 1. The van der Waals surface area contributed by atoms with E-state index in [9.17, 15) is 0 Å². The standard InChI is InChI=1S/C10H20N2.2ClH/c1-3-8(2)12-5-4-9-6-11-7-10(9)12;;/h8-11H,3-7H2,1-2H3;2*1H/t8?,9-,10+;;/m0../s1. The zero-order valence-electron chi connectivity index (χ0n) is 9.03. The molecule has 1 unspecified atom stereocenters. The Hall–Kier alpha value is 0.500. The molecule has 0 aromatic carbocycles. The third kappa shape index (κ3) is 2.54. The molecule has 2 heterocycles. The molecule has 2 nitrogen and oxygen atoms in total. The maximum atomic E-state index is 3.49. The minimum atomic E-state index is 0. The first-order chi connectivity index (χ1) is 5.83. The molecule has 3 atom stereocenters. The maximum absolute atomic E-state index is 3.49. The van der Waals surface area contributed by atoms with Gasteiger partial charge in [0.2, 0.25) is 0 Å². The molecule has 2 rings (SSSR count). The van der Waals surface area contributed by atoms with Crippen LogP contribution in [-0.4, -0.2) is 36.6 Å². The molecule has 0 saturated carbocycles. The number of halogens is 2. The number of hydrogen-bond donors (Lipinski definition) is 1. The molecule has 4 heteroatoms. The Morgan fingerprint density at radius 2 is 2.07 bits per heavy atom. The van der Waals surface area contributed by atoms with E-state index in [-0.39, 0.29) is 24.8 Å². The number of hydrogen-bond acceptors (Lipinski definition) is 2. The predicted octanol–water partition coefficient (Wildman–Crippen LogP) is 1.92. The summed E-state index contributed by atoms with van der Waals surface area (Å²) in [7, 11) is 0. The number of nitrogens with zero attached hydrogens (tertiary/aromatic N) is 1. The van der Waals surface area contributed by atoms with E-state index in [1.54, 1.807) is 0 Å². The lowest BCUT2D eigenvalue weighted by Crippen LogP contribution is -2.40. The summed E-state index contributed by atoms with van der Waals surface area (Å²) >= 11 is 0. The van der Waals surface area contributed by atoms with Crippen molar-refractivity contribution in [2.75, 3.05) is 19.6 Å². The van der Waals surface area contributed by atoms with Gasteiger partial charge in [-0.3, -0.25) is 4.90 Å². The van der Waals surface area contributed by atoms with Crippen LogP contribution in [0.25, 0.3) is 0 Å². The summed E-state index contributed by atoms with van der Waals surface area (Å²) in [6.07, 6.45) is 2.71. The van der Waals surface area contributed by atoms with Gasteiger partial charge < -0.3 is 5.32 Å². The Morgan fingerprint density at radius 3 is 2.71 bits per heavy atom. The molecule has 2 fully saturated rings. The van der Waals surface area contributed by atoms with Gasteiger partial charge >= 0.3 is 0 Å². The van der Waals surface area contributed by atoms with Gasteiger partial charge in [0.05, 0.1) is 0 Å². The summed E-state index contributed by atoms with van der Waals surface area (Å²) < 4.78 is 0. The molecule has 1 N–H and O–H groups in total. The molecule has 2 aliphatic rings.